The number of benzene rings is 2. The Hall–Kier alpha value is -1.92. The molecule has 1 saturated heterocycles. The van der Waals surface area contributed by atoms with Crippen molar-refractivity contribution < 1.29 is 12.8 Å². The highest BCUT2D eigenvalue weighted by atomic mass is 32.2. The molecule has 0 bridgehead atoms. The van der Waals surface area contributed by atoms with Crippen molar-refractivity contribution in [2.45, 2.75) is 34.6 Å². The highest BCUT2D eigenvalue weighted by Crippen LogP contribution is 2.41. The molecule has 0 amide bonds. The van der Waals surface area contributed by atoms with Crippen LogP contribution in [0.1, 0.15) is 24.3 Å². The summed E-state index contributed by atoms with van der Waals surface area (Å²) in [5.41, 5.74) is 2.08. The molecule has 2 aromatic rings. The first-order chi connectivity index (χ1) is 11.6. The predicted molar refractivity (Wildman–Crippen MR) is 90.5 cm³/mol. The van der Waals surface area contributed by atoms with E-state index in [0.717, 1.165) is 43.2 Å². The zero-order valence-electron chi connectivity index (χ0n) is 13.1. The molecule has 0 aromatic heterocycles. The Morgan fingerprint density at radius 1 is 1.00 bits per heavy atom. The van der Waals surface area contributed by atoms with Gasteiger partial charge in [0.1, 0.15) is 5.82 Å². The minimum atomic E-state index is -3.71. The molecule has 0 spiro atoms. The summed E-state index contributed by atoms with van der Waals surface area (Å²) in [5, 5.41) is 6.89. The minimum absolute atomic E-state index is 0.00695. The smallest absolute Gasteiger partial charge is 0.206 e. The fourth-order valence-electron chi connectivity index (χ4n) is 3.70. The minimum Gasteiger partial charge on any atom is -0.381 e. The summed E-state index contributed by atoms with van der Waals surface area (Å²) >= 11 is 0. The number of hydrogen-bond donors (Lipinski definition) is 2. The van der Waals surface area contributed by atoms with Crippen LogP contribution in [0, 0.1) is 5.82 Å². The molecule has 2 heterocycles. The fourth-order valence-corrected chi connectivity index (χ4v) is 5.03. The number of anilines is 1. The molecular weight excluding hydrogens is 327 g/mol. The van der Waals surface area contributed by atoms with E-state index in [2.05, 4.69) is 10.6 Å². The summed E-state index contributed by atoms with van der Waals surface area (Å²) < 4.78 is 39.0. The molecule has 1 fully saturated rings. The molecule has 2 aromatic carbocycles. The highest BCUT2D eigenvalue weighted by molar-refractivity contribution is 7.91. The molecule has 0 aliphatic carbocycles. The maximum absolute atomic E-state index is 13.4. The number of nitrogens with one attached hydrogen (secondary N) is 2. The molecule has 4 rings (SSSR count). The average Bonchev–Trinajstić information content (AvgIpc) is 2.75. The fraction of sp³-hybridized carbons (Fsp3) is 0.333. The predicted octanol–water partition coefficient (Wildman–Crippen LogP) is 2.92. The van der Waals surface area contributed by atoms with Crippen molar-refractivity contribution in [3.63, 3.8) is 0 Å². The van der Waals surface area contributed by atoms with E-state index < -0.39 is 15.7 Å². The summed E-state index contributed by atoms with van der Waals surface area (Å²) in [5.74, 6) is -0.230. The molecule has 2 aliphatic rings. The second-order valence-corrected chi connectivity index (χ2v) is 8.34. The quantitative estimate of drug-likeness (QED) is 0.878. The summed E-state index contributed by atoms with van der Waals surface area (Å²) in [6.45, 7) is 1.90. The van der Waals surface area contributed by atoms with E-state index in [4.69, 9.17) is 0 Å². The van der Waals surface area contributed by atoms with Crippen LogP contribution in [0.4, 0.5) is 10.1 Å². The second-order valence-electron chi connectivity index (χ2n) is 6.39. The van der Waals surface area contributed by atoms with E-state index in [9.17, 15) is 12.8 Å². The SMILES string of the molecule is O=S(=O)(c1cccc(F)c1)c1ccc2c(c1)[C@@H]1CCNCCC1N2. The van der Waals surface area contributed by atoms with Crippen molar-refractivity contribution in [1.82, 2.24) is 5.32 Å². The topological polar surface area (TPSA) is 58.2 Å². The van der Waals surface area contributed by atoms with E-state index >= 15 is 0 Å². The summed E-state index contributed by atoms with van der Waals surface area (Å²) in [7, 11) is -3.71. The van der Waals surface area contributed by atoms with Crippen LogP contribution in [-0.2, 0) is 9.84 Å². The lowest BCUT2D eigenvalue weighted by atomic mass is 9.91. The molecule has 0 radical (unpaired) electrons. The largest absolute Gasteiger partial charge is 0.381 e. The van der Waals surface area contributed by atoms with E-state index in [1.54, 1.807) is 12.1 Å². The maximum atomic E-state index is 13.4. The summed E-state index contributed by atoms with van der Waals surface area (Å²) in [4.78, 5) is 0.221. The van der Waals surface area contributed by atoms with E-state index in [0.29, 0.717) is 12.0 Å². The molecule has 4 nitrogen and oxygen atoms in total. The lowest BCUT2D eigenvalue weighted by molar-refractivity contribution is 0.576. The van der Waals surface area contributed by atoms with Crippen LogP contribution in [0.2, 0.25) is 0 Å². The van der Waals surface area contributed by atoms with E-state index in [1.165, 1.54) is 18.2 Å². The van der Waals surface area contributed by atoms with E-state index in [-0.39, 0.29) is 9.79 Å². The Balaban J connectivity index is 1.75. The van der Waals surface area contributed by atoms with Crippen LogP contribution in [-0.4, -0.2) is 27.5 Å². The number of fused-ring (bicyclic) bond motifs is 3. The van der Waals surface area contributed by atoms with Gasteiger partial charge in [-0.2, -0.15) is 0 Å². The molecule has 2 atom stereocenters. The van der Waals surface area contributed by atoms with Gasteiger partial charge in [0.25, 0.3) is 0 Å². The number of hydrogen-bond acceptors (Lipinski definition) is 4. The Kier molecular flexibility index (Phi) is 3.81. The Morgan fingerprint density at radius 3 is 2.62 bits per heavy atom. The van der Waals surface area contributed by atoms with Crippen LogP contribution in [0.5, 0.6) is 0 Å². The molecular formula is C18H19FN2O2S. The third-order valence-electron chi connectivity index (χ3n) is 4.93. The lowest BCUT2D eigenvalue weighted by Crippen LogP contribution is -2.21. The average molecular weight is 346 g/mol. The zero-order chi connectivity index (χ0) is 16.7. The van der Waals surface area contributed by atoms with Crippen molar-refractivity contribution in [2.24, 2.45) is 0 Å². The van der Waals surface area contributed by atoms with Crippen LogP contribution >= 0.6 is 0 Å². The van der Waals surface area contributed by atoms with Crippen molar-refractivity contribution >= 4 is 15.5 Å². The van der Waals surface area contributed by atoms with Crippen molar-refractivity contribution in [3.8, 4) is 0 Å². The first kappa shape index (κ1) is 15.6. The molecule has 126 valence electrons. The van der Waals surface area contributed by atoms with Gasteiger partial charge < -0.3 is 10.6 Å². The van der Waals surface area contributed by atoms with Gasteiger partial charge in [-0.3, -0.25) is 0 Å². The third kappa shape index (κ3) is 2.59. The van der Waals surface area contributed by atoms with Gasteiger partial charge in [0.05, 0.1) is 9.79 Å². The van der Waals surface area contributed by atoms with Gasteiger partial charge >= 0.3 is 0 Å². The Morgan fingerprint density at radius 2 is 1.79 bits per heavy atom. The van der Waals surface area contributed by atoms with Gasteiger partial charge in [-0.25, -0.2) is 12.8 Å². The van der Waals surface area contributed by atoms with Gasteiger partial charge in [-0.15, -0.1) is 0 Å². The Labute approximate surface area is 141 Å². The third-order valence-corrected chi connectivity index (χ3v) is 6.68. The van der Waals surface area contributed by atoms with Gasteiger partial charge in [0.15, 0.2) is 0 Å². The van der Waals surface area contributed by atoms with E-state index in [1.807, 2.05) is 6.07 Å². The van der Waals surface area contributed by atoms with Gasteiger partial charge in [0.2, 0.25) is 9.84 Å². The highest BCUT2D eigenvalue weighted by Gasteiger charge is 2.34. The standard InChI is InChI=1S/C18H19FN2O2S/c19-12-2-1-3-13(10-12)24(22,23)14-4-5-17-16(11-14)15-6-8-20-9-7-18(15)21-17/h1-5,10-11,15,18,20-21H,6-9H2/t15-,18?/m0/s1. The molecule has 6 heteroatoms. The van der Waals surface area contributed by atoms with Gasteiger partial charge in [-0.05, 0) is 67.9 Å². The van der Waals surface area contributed by atoms with Gasteiger partial charge in [0, 0.05) is 17.6 Å². The maximum Gasteiger partial charge on any atom is 0.206 e. The molecule has 2 N–H and O–H groups in total. The molecule has 24 heavy (non-hydrogen) atoms. The van der Waals surface area contributed by atoms with Crippen LogP contribution in [0.25, 0.3) is 0 Å². The normalized spacial score (nSPS) is 23.0. The lowest BCUT2D eigenvalue weighted by Gasteiger charge is -2.16. The van der Waals surface area contributed by atoms with Crippen LogP contribution in [0.3, 0.4) is 0 Å². The molecule has 0 saturated carbocycles. The molecule has 2 aliphatic heterocycles. The first-order valence-electron chi connectivity index (χ1n) is 8.17. The van der Waals surface area contributed by atoms with Crippen LogP contribution in [0.15, 0.2) is 52.3 Å². The summed E-state index contributed by atoms with van der Waals surface area (Å²) in [6.07, 6.45) is 2.00. The first-order valence-corrected chi connectivity index (χ1v) is 9.66. The monoisotopic (exact) mass is 346 g/mol. The van der Waals surface area contributed by atoms with Crippen molar-refractivity contribution in [3.05, 3.63) is 53.8 Å². The zero-order valence-corrected chi connectivity index (χ0v) is 13.9. The Bertz CT molecular complexity index is 882. The number of rotatable bonds is 2. The van der Waals surface area contributed by atoms with Gasteiger partial charge in [-0.1, -0.05) is 6.07 Å². The number of halogens is 1. The van der Waals surface area contributed by atoms with Crippen molar-refractivity contribution in [2.75, 3.05) is 18.4 Å². The second kappa shape index (κ2) is 5.86. The van der Waals surface area contributed by atoms with Crippen molar-refractivity contribution in [1.29, 1.82) is 0 Å². The van der Waals surface area contributed by atoms with Crippen LogP contribution < -0.4 is 10.6 Å². The number of sulfone groups is 1. The molecule has 1 unspecified atom stereocenters. The summed E-state index contributed by atoms with van der Waals surface area (Å²) in [6, 6.07) is 10.7.